The lowest BCUT2D eigenvalue weighted by molar-refractivity contribution is -0.214. The molecule has 0 amide bonds. The van der Waals surface area contributed by atoms with E-state index in [2.05, 4.69) is 37.8 Å². The van der Waals surface area contributed by atoms with Gasteiger partial charge in [0, 0.05) is 11.5 Å². The molecular weight excluding hydrogens is 296 g/mol. The standard InChI is InChI=1S/C22H32O2/c1-3-5-6-18-9-13-20(14-10-18)22-23-15-21(16-24-22)19-11-7-17(4-2)8-12-19/h3,9-10,13-14,17,19,21-22H,1,4-8,11-12,15-16H2,2H3. The summed E-state index contributed by atoms with van der Waals surface area (Å²) in [5.74, 6) is 2.35. The molecule has 2 heteroatoms. The van der Waals surface area contributed by atoms with Gasteiger partial charge in [0.1, 0.15) is 0 Å². The summed E-state index contributed by atoms with van der Waals surface area (Å²) in [6.07, 6.45) is 10.7. The fourth-order valence-corrected chi connectivity index (χ4v) is 4.16. The zero-order valence-electron chi connectivity index (χ0n) is 15.1. The molecule has 1 saturated heterocycles. The van der Waals surface area contributed by atoms with Gasteiger partial charge >= 0.3 is 0 Å². The van der Waals surface area contributed by atoms with E-state index in [0.717, 1.165) is 43.5 Å². The molecule has 1 aliphatic heterocycles. The van der Waals surface area contributed by atoms with Crippen LogP contribution in [0.3, 0.4) is 0 Å². The van der Waals surface area contributed by atoms with Crippen molar-refractivity contribution in [3.8, 4) is 0 Å². The number of benzene rings is 1. The van der Waals surface area contributed by atoms with Crippen LogP contribution in [0.2, 0.25) is 0 Å². The molecule has 1 aromatic carbocycles. The first-order valence-electron chi connectivity index (χ1n) is 9.73. The second-order valence-corrected chi connectivity index (χ2v) is 7.52. The summed E-state index contributed by atoms with van der Waals surface area (Å²) in [6.45, 7) is 7.81. The maximum atomic E-state index is 6.07. The van der Waals surface area contributed by atoms with Crippen molar-refractivity contribution >= 4 is 0 Å². The average Bonchev–Trinajstić information content (AvgIpc) is 2.67. The van der Waals surface area contributed by atoms with Crippen molar-refractivity contribution in [2.24, 2.45) is 17.8 Å². The van der Waals surface area contributed by atoms with E-state index in [1.54, 1.807) is 0 Å². The fourth-order valence-electron chi connectivity index (χ4n) is 4.16. The Morgan fingerprint density at radius 2 is 1.67 bits per heavy atom. The van der Waals surface area contributed by atoms with Gasteiger partial charge in [-0.1, -0.05) is 56.5 Å². The Labute approximate surface area is 147 Å². The highest BCUT2D eigenvalue weighted by atomic mass is 16.7. The molecule has 0 radical (unpaired) electrons. The maximum absolute atomic E-state index is 6.07. The summed E-state index contributed by atoms with van der Waals surface area (Å²) in [4.78, 5) is 0. The largest absolute Gasteiger partial charge is 0.348 e. The molecule has 1 saturated carbocycles. The van der Waals surface area contributed by atoms with Crippen LogP contribution >= 0.6 is 0 Å². The highest BCUT2D eigenvalue weighted by molar-refractivity contribution is 5.24. The number of aryl methyl sites for hydroxylation is 1. The Balaban J connectivity index is 1.47. The zero-order valence-corrected chi connectivity index (χ0v) is 15.1. The quantitative estimate of drug-likeness (QED) is 0.625. The lowest BCUT2D eigenvalue weighted by atomic mass is 9.75. The molecule has 132 valence electrons. The molecule has 0 spiro atoms. The van der Waals surface area contributed by atoms with E-state index in [0.29, 0.717) is 5.92 Å². The number of hydrogen-bond donors (Lipinski definition) is 0. The monoisotopic (exact) mass is 328 g/mol. The van der Waals surface area contributed by atoms with E-state index in [4.69, 9.17) is 9.47 Å². The van der Waals surface area contributed by atoms with Gasteiger partial charge in [0.2, 0.25) is 0 Å². The van der Waals surface area contributed by atoms with Gasteiger partial charge < -0.3 is 9.47 Å². The van der Waals surface area contributed by atoms with E-state index in [1.807, 2.05) is 6.08 Å². The minimum absolute atomic E-state index is 0.179. The van der Waals surface area contributed by atoms with Gasteiger partial charge in [-0.15, -0.1) is 6.58 Å². The predicted molar refractivity (Wildman–Crippen MR) is 98.8 cm³/mol. The van der Waals surface area contributed by atoms with Gasteiger partial charge in [-0.2, -0.15) is 0 Å². The number of allylic oxidation sites excluding steroid dienone is 1. The first-order chi connectivity index (χ1) is 11.8. The smallest absolute Gasteiger partial charge is 0.183 e. The summed E-state index contributed by atoms with van der Waals surface area (Å²) in [5.41, 5.74) is 2.49. The van der Waals surface area contributed by atoms with Gasteiger partial charge in [-0.3, -0.25) is 0 Å². The summed E-state index contributed by atoms with van der Waals surface area (Å²) >= 11 is 0. The lowest BCUT2D eigenvalue weighted by Crippen LogP contribution is -2.34. The van der Waals surface area contributed by atoms with E-state index in [9.17, 15) is 0 Å². The summed E-state index contributed by atoms with van der Waals surface area (Å²) in [7, 11) is 0. The van der Waals surface area contributed by atoms with Crippen LogP contribution in [0, 0.1) is 17.8 Å². The molecule has 0 bridgehead atoms. The molecule has 1 aliphatic carbocycles. The predicted octanol–water partition coefficient (Wildman–Crippen LogP) is 5.68. The van der Waals surface area contributed by atoms with Crippen molar-refractivity contribution in [2.45, 2.75) is 58.2 Å². The summed E-state index contributed by atoms with van der Waals surface area (Å²) in [6, 6.07) is 8.67. The van der Waals surface area contributed by atoms with Crippen molar-refractivity contribution < 1.29 is 9.47 Å². The highest BCUT2D eigenvalue weighted by Gasteiger charge is 2.31. The number of hydrogen-bond acceptors (Lipinski definition) is 2. The van der Waals surface area contributed by atoms with Gasteiger partial charge in [-0.25, -0.2) is 0 Å². The van der Waals surface area contributed by atoms with Crippen molar-refractivity contribution in [3.05, 3.63) is 48.0 Å². The summed E-state index contributed by atoms with van der Waals surface area (Å²) < 4.78 is 12.1. The molecule has 0 N–H and O–H groups in total. The Bertz CT molecular complexity index is 491. The van der Waals surface area contributed by atoms with Crippen molar-refractivity contribution in [1.82, 2.24) is 0 Å². The summed E-state index contributed by atoms with van der Waals surface area (Å²) in [5, 5.41) is 0. The first kappa shape index (κ1) is 17.7. The van der Waals surface area contributed by atoms with E-state index >= 15 is 0 Å². The Morgan fingerprint density at radius 3 is 2.25 bits per heavy atom. The number of rotatable bonds is 6. The van der Waals surface area contributed by atoms with Crippen LogP contribution < -0.4 is 0 Å². The van der Waals surface area contributed by atoms with Crippen molar-refractivity contribution in [2.75, 3.05) is 13.2 Å². The van der Waals surface area contributed by atoms with Crippen LogP contribution in [0.4, 0.5) is 0 Å². The van der Waals surface area contributed by atoms with Crippen LogP contribution in [0.1, 0.15) is 62.9 Å². The molecular formula is C22H32O2. The van der Waals surface area contributed by atoms with Gasteiger partial charge in [0.15, 0.2) is 6.29 Å². The third-order valence-electron chi connectivity index (χ3n) is 5.95. The molecule has 2 aliphatic rings. The topological polar surface area (TPSA) is 18.5 Å². The van der Waals surface area contributed by atoms with Crippen LogP contribution in [0.5, 0.6) is 0 Å². The highest BCUT2D eigenvalue weighted by Crippen LogP contribution is 2.38. The van der Waals surface area contributed by atoms with Crippen LogP contribution in [0.15, 0.2) is 36.9 Å². The second kappa shape index (κ2) is 8.82. The minimum Gasteiger partial charge on any atom is -0.348 e. The zero-order chi connectivity index (χ0) is 16.8. The number of ether oxygens (including phenoxy) is 2. The third-order valence-corrected chi connectivity index (χ3v) is 5.95. The second-order valence-electron chi connectivity index (χ2n) is 7.52. The Hall–Kier alpha value is -1.12. The van der Waals surface area contributed by atoms with Crippen LogP contribution in [0.25, 0.3) is 0 Å². The van der Waals surface area contributed by atoms with Crippen LogP contribution in [-0.2, 0) is 15.9 Å². The molecule has 1 heterocycles. The van der Waals surface area contributed by atoms with Crippen molar-refractivity contribution in [3.63, 3.8) is 0 Å². The molecule has 0 aromatic heterocycles. The fraction of sp³-hybridized carbons (Fsp3) is 0.636. The molecule has 2 nitrogen and oxygen atoms in total. The molecule has 0 unspecified atom stereocenters. The van der Waals surface area contributed by atoms with Crippen molar-refractivity contribution in [1.29, 1.82) is 0 Å². The first-order valence-corrected chi connectivity index (χ1v) is 9.73. The minimum atomic E-state index is -0.179. The van der Waals surface area contributed by atoms with Gasteiger partial charge in [0.05, 0.1) is 13.2 Å². The maximum Gasteiger partial charge on any atom is 0.183 e. The normalized spacial score (nSPS) is 30.9. The van der Waals surface area contributed by atoms with E-state index < -0.39 is 0 Å². The van der Waals surface area contributed by atoms with Gasteiger partial charge in [-0.05, 0) is 43.1 Å². The SMILES string of the molecule is C=CCCc1ccc(C2OCC(C3CCC(CC)CC3)CO2)cc1. The average molecular weight is 328 g/mol. The van der Waals surface area contributed by atoms with E-state index in [-0.39, 0.29) is 6.29 Å². The Kier molecular flexibility index (Phi) is 6.51. The van der Waals surface area contributed by atoms with Gasteiger partial charge in [0.25, 0.3) is 0 Å². The van der Waals surface area contributed by atoms with E-state index in [1.165, 1.54) is 37.7 Å². The molecule has 2 fully saturated rings. The van der Waals surface area contributed by atoms with Crippen LogP contribution in [-0.4, -0.2) is 13.2 Å². The molecule has 3 rings (SSSR count). The molecule has 1 aromatic rings. The molecule has 0 atom stereocenters. The molecule has 24 heavy (non-hydrogen) atoms. The Morgan fingerprint density at radius 1 is 1.00 bits per heavy atom. The lowest BCUT2D eigenvalue weighted by Gasteiger charge is -2.37. The third kappa shape index (κ3) is 4.49.